The summed E-state index contributed by atoms with van der Waals surface area (Å²) < 4.78 is 0. The summed E-state index contributed by atoms with van der Waals surface area (Å²) >= 11 is 2.02. The normalized spacial score (nSPS) is 43.6. The number of rotatable bonds is 3. The summed E-state index contributed by atoms with van der Waals surface area (Å²) in [5.41, 5.74) is 0. The van der Waals surface area contributed by atoms with Crippen molar-refractivity contribution in [3.63, 3.8) is 0 Å². The maximum atomic E-state index is 2.45. The van der Waals surface area contributed by atoms with Crippen LogP contribution in [0.3, 0.4) is 0 Å². The van der Waals surface area contributed by atoms with Gasteiger partial charge in [-0.1, -0.05) is 6.92 Å². The van der Waals surface area contributed by atoms with Gasteiger partial charge in [0, 0.05) is 0 Å². The molecule has 0 N–H and O–H groups in total. The predicted molar refractivity (Wildman–Crippen MR) is 51.9 cm³/mol. The predicted octanol–water partition coefficient (Wildman–Crippen LogP) is 3.03. The highest BCUT2D eigenvalue weighted by Gasteiger charge is 2.49. The Hall–Kier alpha value is 0.350. The van der Waals surface area contributed by atoms with Crippen LogP contribution in [0.1, 0.15) is 26.2 Å². The lowest BCUT2D eigenvalue weighted by atomic mass is 9.91. The lowest BCUT2D eigenvalue weighted by Crippen LogP contribution is -2.13. The van der Waals surface area contributed by atoms with Crippen molar-refractivity contribution in [2.45, 2.75) is 26.2 Å². The molecule has 0 aromatic rings. The molecule has 0 spiro atoms. The quantitative estimate of drug-likeness (QED) is 0.627. The van der Waals surface area contributed by atoms with Gasteiger partial charge in [-0.3, -0.25) is 0 Å². The largest absolute Gasteiger partial charge is 0.165 e. The van der Waals surface area contributed by atoms with Gasteiger partial charge in [-0.05, 0) is 54.9 Å². The minimum atomic E-state index is 0.988. The van der Waals surface area contributed by atoms with Crippen LogP contribution in [0.25, 0.3) is 0 Å². The third-order valence-corrected chi connectivity index (χ3v) is 4.42. The first-order valence-corrected chi connectivity index (χ1v) is 6.21. The van der Waals surface area contributed by atoms with Crippen molar-refractivity contribution in [1.29, 1.82) is 0 Å². The average molecular weight is 170 g/mol. The zero-order valence-corrected chi connectivity index (χ0v) is 8.36. The molecule has 0 heterocycles. The second-order valence-corrected chi connectivity index (χ2v) is 5.24. The van der Waals surface area contributed by atoms with Crippen molar-refractivity contribution in [2.75, 3.05) is 12.0 Å². The molecule has 0 aliphatic heterocycles. The van der Waals surface area contributed by atoms with Crippen LogP contribution in [0.4, 0.5) is 0 Å². The van der Waals surface area contributed by atoms with Gasteiger partial charge in [-0.2, -0.15) is 11.8 Å². The van der Waals surface area contributed by atoms with E-state index in [2.05, 4.69) is 13.2 Å². The molecule has 0 bridgehead atoms. The average Bonchev–Trinajstić information content (AvgIpc) is 2.63. The topological polar surface area (TPSA) is 0 Å². The Morgan fingerprint density at radius 1 is 1.45 bits per heavy atom. The van der Waals surface area contributed by atoms with Gasteiger partial charge in [0.2, 0.25) is 0 Å². The monoisotopic (exact) mass is 170 g/mol. The Balaban J connectivity index is 1.84. The van der Waals surface area contributed by atoms with Gasteiger partial charge in [0.15, 0.2) is 0 Å². The molecular weight excluding hydrogens is 152 g/mol. The van der Waals surface area contributed by atoms with Crippen LogP contribution in [0.5, 0.6) is 0 Å². The van der Waals surface area contributed by atoms with Crippen molar-refractivity contribution in [1.82, 2.24) is 0 Å². The summed E-state index contributed by atoms with van der Waals surface area (Å²) in [4.78, 5) is 0. The minimum Gasteiger partial charge on any atom is -0.165 e. The van der Waals surface area contributed by atoms with Gasteiger partial charge in [-0.15, -0.1) is 0 Å². The van der Waals surface area contributed by atoms with Gasteiger partial charge >= 0.3 is 0 Å². The van der Waals surface area contributed by atoms with Crippen molar-refractivity contribution in [3.8, 4) is 0 Å². The van der Waals surface area contributed by atoms with Crippen molar-refractivity contribution < 1.29 is 0 Å². The number of hydrogen-bond acceptors (Lipinski definition) is 1. The summed E-state index contributed by atoms with van der Waals surface area (Å²) in [5.74, 6) is 5.81. The van der Waals surface area contributed by atoms with Gasteiger partial charge in [-0.25, -0.2) is 0 Å². The molecule has 0 saturated heterocycles. The fourth-order valence-corrected chi connectivity index (χ4v) is 3.61. The van der Waals surface area contributed by atoms with Crippen LogP contribution in [0.15, 0.2) is 0 Å². The third kappa shape index (κ3) is 1.44. The Bertz CT molecular complexity index is 144. The summed E-state index contributed by atoms with van der Waals surface area (Å²) in [6.07, 6.45) is 6.89. The van der Waals surface area contributed by atoms with Gasteiger partial charge in [0.05, 0.1) is 0 Å². The van der Waals surface area contributed by atoms with E-state index in [4.69, 9.17) is 0 Å². The highest BCUT2D eigenvalue weighted by Crippen LogP contribution is 2.57. The highest BCUT2D eigenvalue weighted by molar-refractivity contribution is 7.98. The molecule has 2 saturated carbocycles. The minimum absolute atomic E-state index is 0.988. The van der Waals surface area contributed by atoms with E-state index in [9.17, 15) is 0 Å². The van der Waals surface area contributed by atoms with Crippen LogP contribution in [-0.4, -0.2) is 12.0 Å². The van der Waals surface area contributed by atoms with Crippen LogP contribution in [0.2, 0.25) is 0 Å². The SMILES string of the molecule is CSCC(C)C1CCC2CC21. The van der Waals surface area contributed by atoms with Crippen molar-refractivity contribution in [3.05, 3.63) is 0 Å². The molecule has 0 nitrogen and oxygen atoms in total. The van der Waals surface area contributed by atoms with E-state index in [0.717, 1.165) is 17.8 Å². The van der Waals surface area contributed by atoms with Crippen molar-refractivity contribution >= 4 is 11.8 Å². The number of hydrogen-bond donors (Lipinski definition) is 0. The molecule has 4 atom stereocenters. The zero-order chi connectivity index (χ0) is 7.84. The maximum absolute atomic E-state index is 2.45. The summed E-state index contributed by atoms with van der Waals surface area (Å²) in [7, 11) is 0. The molecular formula is C10H18S. The van der Waals surface area contributed by atoms with Gasteiger partial charge in [0.25, 0.3) is 0 Å². The van der Waals surface area contributed by atoms with Gasteiger partial charge in [0.1, 0.15) is 0 Å². The Morgan fingerprint density at radius 2 is 2.27 bits per heavy atom. The number of fused-ring (bicyclic) bond motifs is 1. The lowest BCUT2D eigenvalue weighted by Gasteiger charge is -2.19. The van der Waals surface area contributed by atoms with Crippen LogP contribution >= 0.6 is 11.8 Å². The Kier molecular flexibility index (Phi) is 2.18. The molecule has 0 aromatic carbocycles. The molecule has 2 fully saturated rings. The summed E-state index contributed by atoms with van der Waals surface area (Å²) in [6.45, 7) is 2.45. The first kappa shape index (κ1) is 7.97. The van der Waals surface area contributed by atoms with E-state index in [-0.39, 0.29) is 0 Å². The van der Waals surface area contributed by atoms with Crippen LogP contribution in [-0.2, 0) is 0 Å². The second-order valence-electron chi connectivity index (χ2n) is 4.33. The third-order valence-electron chi connectivity index (χ3n) is 3.56. The fraction of sp³-hybridized carbons (Fsp3) is 1.00. The smallest absolute Gasteiger partial charge is 0.00418 e. The van der Waals surface area contributed by atoms with Crippen LogP contribution < -0.4 is 0 Å². The van der Waals surface area contributed by atoms with E-state index in [0.29, 0.717) is 0 Å². The molecule has 4 unspecified atom stereocenters. The first-order chi connectivity index (χ1) is 5.33. The zero-order valence-electron chi connectivity index (χ0n) is 7.55. The molecule has 1 heteroatoms. The molecule has 11 heavy (non-hydrogen) atoms. The highest BCUT2D eigenvalue weighted by atomic mass is 32.2. The lowest BCUT2D eigenvalue weighted by molar-refractivity contribution is 0.357. The van der Waals surface area contributed by atoms with E-state index in [1.54, 1.807) is 12.8 Å². The van der Waals surface area contributed by atoms with Crippen molar-refractivity contribution in [2.24, 2.45) is 23.7 Å². The maximum Gasteiger partial charge on any atom is -0.00418 e. The van der Waals surface area contributed by atoms with Crippen LogP contribution in [0, 0.1) is 23.7 Å². The second kappa shape index (κ2) is 3.01. The molecule has 0 aromatic heterocycles. The molecule has 2 aliphatic carbocycles. The Morgan fingerprint density at radius 3 is 2.73 bits per heavy atom. The summed E-state index contributed by atoms with van der Waals surface area (Å²) in [6, 6.07) is 0. The molecule has 0 radical (unpaired) electrons. The van der Waals surface area contributed by atoms with E-state index < -0.39 is 0 Å². The van der Waals surface area contributed by atoms with E-state index in [1.807, 2.05) is 11.8 Å². The summed E-state index contributed by atoms with van der Waals surface area (Å²) in [5, 5.41) is 0. The fourth-order valence-electron chi connectivity index (χ4n) is 2.84. The molecule has 0 amide bonds. The van der Waals surface area contributed by atoms with E-state index >= 15 is 0 Å². The van der Waals surface area contributed by atoms with E-state index in [1.165, 1.54) is 18.1 Å². The molecule has 2 aliphatic rings. The van der Waals surface area contributed by atoms with Gasteiger partial charge < -0.3 is 0 Å². The Labute approximate surface area is 74.1 Å². The molecule has 2 rings (SSSR count). The first-order valence-electron chi connectivity index (χ1n) is 4.82. The standard InChI is InChI=1S/C10H18S/c1-7(6-11-2)9-4-3-8-5-10(8)9/h7-10H,3-6H2,1-2H3. The molecule has 64 valence electrons. The number of thioether (sulfide) groups is 1.